The molecule has 1 N–H and O–H groups in total. The van der Waals surface area contributed by atoms with E-state index >= 15 is 0 Å². The minimum atomic E-state index is -0.255. The minimum Gasteiger partial charge on any atom is -0.392 e. The van der Waals surface area contributed by atoms with Gasteiger partial charge in [-0.3, -0.25) is 0 Å². The topological polar surface area (TPSA) is 44.0 Å². The number of nitriles is 1. The molecule has 0 spiro atoms. The summed E-state index contributed by atoms with van der Waals surface area (Å²) < 4.78 is 12.5. The van der Waals surface area contributed by atoms with Crippen LogP contribution in [0.25, 0.3) is 0 Å². The van der Waals surface area contributed by atoms with Gasteiger partial charge in [0.05, 0.1) is 18.5 Å². The minimum absolute atomic E-state index is 0.232. The fraction of sp³-hybridized carbons (Fsp3) is 0.667. The van der Waals surface area contributed by atoms with Gasteiger partial charge in [-0.25, -0.2) is 4.39 Å². The number of unbranched alkanes of at least 4 members (excludes halogenated alkanes) is 3. The summed E-state index contributed by atoms with van der Waals surface area (Å²) >= 11 is 0. The van der Waals surface area contributed by atoms with E-state index in [4.69, 9.17) is 10.4 Å². The lowest BCUT2D eigenvalue weighted by Crippen LogP contribution is -1.81. The molecule has 0 aromatic heterocycles. The van der Waals surface area contributed by atoms with Crippen molar-refractivity contribution in [3.63, 3.8) is 0 Å². The smallest absolute Gasteiger partial charge is 0.0982 e. The first-order chi connectivity index (χ1) is 5.81. The molecule has 0 fully saturated rings. The zero-order valence-corrected chi connectivity index (χ0v) is 7.09. The van der Waals surface area contributed by atoms with Gasteiger partial charge in [0.1, 0.15) is 0 Å². The van der Waals surface area contributed by atoms with Crippen molar-refractivity contribution in [1.82, 2.24) is 0 Å². The van der Waals surface area contributed by atoms with Crippen LogP contribution in [0, 0.1) is 11.3 Å². The molecule has 0 amide bonds. The number of hydrogen-bond donors (Lipinski definition) is 1. The summed E-state index contributed by atoms with van der Waals surface area (Å²) in [5, 5.41) is 16.5. The Kier molecular flexibility index (Phi) is 7.62. The molecule has 0 atom stereocenters. The zero-order chi connectivity index (χ0) is 9.23. The zero-order valence-electron chi connectivity index (χ0n) is 7.09. The van der Waals surface area contributed by atoms with Gasteiger partial charge in [0, 0.05) is 6.42 Å². The number of rotatable bonds is 6. The predicted molar refractivity (Wildman–Crippen MR) is 45.0 cm³/mol. The third-order valence-electron chi connectivity index (χ3n) is 1.52. The number of aliphatic hydroxyl groups excluding tert-OH is 1. The van der Waals surface area contributed by atoms with Crippen LogP contribution in [0.2, 0.25) is 0 Å². The molecule has 3 heteroatoms. The standard InChI is InChI=1S/C9H14FNO/c10-9(6-8-12)5-3-1-2-4-7-11/h6,12H,1-5,8H2/b9-6-. The van der Waals surface area contributed by atoms with E-state index < -0.39 is 0 Å². The highest BCUT2D eigenvalue weighted by atomic mass is 19.1. The van der Waals surface area contributed by atoms with Crippen LogP contribution in [-0.2, 0) is 0 Å². The number of allylic oxidation sites excluding steroid dienone is 1. The van der Waals surface area contributed by atoms with Gasteiger partial charge in [0.2, 0.25) is 0 Å². The highest BCUT2D eigenvalue weighted by Gasteiger charge is 1.94. The van der Waals surface area contributed by atoms with Crippen LogP contribution in [-0.4, -0.2) is 11.7 Å². The monoisotopic (exact) mass is 171 g/mol. The molecule has 0 aromatic rings. The summed E-state index contributed by atoms with van der Waals surface area (Å²) in [7, 11) is 0. The second-order valence-electron chi connectivity index (χ2n) is 2.55. The van der Waals surface area contributed by atoms with E-state index in [1.54, 1.807) is 0 Å². The van der Waals surface area contributed by atoms with Crippen molar-refractivity contribution in [2.45, 2.75) is 32.1 Å². The van der Waals surface area contributed by atoms with Gasteiger partial charge in [0.25, 0.3) is 0 Å². The maximum absolute atomic E-state index is 12.5. The molecule has 0 radical (unpaired) electrons. The van der Waals surface area contributed by atoms with Crippen molar-refractivity contribution in [1.29, 1.82) is 5.26 Å². The van der Waals surface area contributed by atoms with E-state index in [-0.39, 0.29) is 12.4 Å². The van der Waals surface area contributed by atoms with Gasteiger partial charge in [-0.2, -0.15) is 5.26 Å². The molecule has 0 unspecified atom stereocenters. The Bertz CT molecular complexity index is 172. The Hall–Kier alpha value is -0.880. The lowest BCUT2D eigenvalue weighted by Gasteiger charge is -1.95. The summed E-state index contributed by atoms with van der Waals surface area (Å²) in [5.74, 6) is -0.255. The average molecular weight is 171 g/mol. The fourth-order valence-electron chi connectivity index (χ4n) is 0.876. The van der Waals surface area contributed by atoms with Gasteiger partial charge < -0.3 is 5.11 Å². The first-order valence-electron chi connectivity index (χ1n) is 4.13. The molecule has 0 saturated heterocycles. The molecule has 0 aliphatic rings. The van der Waals surface area contributed by atoms with E-state index in [1.165, 1.54) is 6.08 Å². The van der Waals surface area contributed by atoms with Gasteiger partial charge >= 0.3 is 0 Å². The summed E-state index contributed by atoms with van der Waals surface area (Å²) in [4.78, 5) is 0. The number of nitrogens with zero attached hydrogens (tertiary/aromatic N) is 1. The van der Waals surface area contributed by atoms with Crippen LogP contribution in [0.1, 0.15) is 32.1 Å². The van der Waals surface area contributed by atoms with Crippen molar-refractivity contribution in [2.75, 3.05) is 6.61 Å². The van der Waals surface area contributed by atoms with E-state index in [2.05, 4.69) is 0 Å². The largest absolute Gasteiger partial charge is 0.392 e. The van der Waals surface area contributed by atoms with E-state index in [0.717, 1.165) is 19.3 Å². The summed E-state index contributed by atoms with van der Waals surface area (Å²) in [6.07, 6.45) is 4.56. The third kappa shape index (κ3) is 7.23. The van der Waals surface area contributed by atoms with E-state index in [0.29, 0.717) is 12.8 Å². The Balaban J connectivity index is 3.20. The maximum Gasteiger partial charge on any atom is 0.0982 e. The van der Waals surface area contributed by atoms with Crippen LogP contribution >= 0.6 is 0 Å². The van der Waals surface area contributed by atoms with E-state index in [1.807, 2.05) is 6.07 Å². The first-order valence-corrected chi connectivity index (χ1v) is 4.13. The van der Waals surface area contributed by atoms with Crippen LogP contribution in [0.5, 0.6) is 0 Å². The first kappa shape index (κ1) is 11.1. The second kappa shape index (κ2) is 8.22. The second-order valence-corrected chi connectivity index (χ2v) is 2.55. The Morgan fingerprint density at radius 3 is 2.75 bits per heavy atom. The van der Waals surface area contributed by atoms with Gasteiger partial charge in [0.15, 0.2) is 0 Å². The van der Waals surface area contributed by atoms with Crippen LogP contribution in [0.3, 0.4) is 0 Å². The Labute approximate surface area is 72.3 Å². The lowest BCUT2D eigenvalue weighted by molar-refractivity contribution is 0.337. The SMILES string of the molecule is N#CCCCCC/C(F)=C/CO. The molecule has 0 rings (SSSR count). The lowest BCUT2D eigenvalue weighted by atomic mass is 10.1. The molecule has 0 bridgehead atoms. The molecule has 0 saturated carbocycles. The number of hydrogen-bond acceptors (Lipinski definition) is 2. The average Bonchev–Trinajstić information content (AvgIpc) is 2.05. The fourth-order valence-corrected chi connectivity index (χ4v) is 0.876. The molecule has 12 heavy (non-hydrogen) atoms. The molecule has 68 valence electrons. The highest BCUT2D eigenvalue weighted by molar-refractivity contribution is 4.90. The summed E-state index contributed by atoms with van der Waals surface area (Å²) in [6, 6.07) is 2.03. The Morgan fingerprint density at radius 1 is 1.42 bits per heavy atom. The van der Waals surface area contributed by atoms with E-state index in [9.17, 15) is 4.39 Å². The van der Waals surface area contributed by atoms with Crippen LogP contribution < -0.4 is 0 Å². The summed E-state index contributed by atoms with van der Waals surface area (Å²) in [5.41, 5.74) is 0. The predicted octanol–water partition coefficient (Wildman–Crippen LogP) is 2.31. The number of halogens is 1. The normalized spacial score (nSPS) is 11.2. The van der Waals surface area contributed by atoms with Gasteiger partial charge in [-0.1, -0.05) is 6.42 Å². The molecule has 0 heterocycles. The van der Waals surface area contributed by atoms with Crippen molar-refractivity contribution in [2.24, 2.45) is 0 Å². The quantitative estimate of drug-likeness (QED) is 0.623. The molecular formula is C9H14FNO. The summed E-state index contributed by atoms with van der Waals surface area (Å²) in [6.45, 7) is -0.232. The van der Waals surface area contributed by atoms with Crippen LogP contribution in [0.15, 0.2) is 11.9 Å². The highest BCUT2D eigenvalue weighted by Crippen LogP contribution is 2.10. The van der Waals surface area contributed by atoms with Gasteiger partial charge in [-0.05, 0) is 25.3 Å². The molecular weight excluding hydrogens is 157 g/mol. The van der Waals surface area contributed by atoms with Crippen molar-refractivity contribution >= 4 is 0 Å². The molecule has 2 nitrogen and oxygen atoms in total. The van der Waals surface area contributed by atoms with Crippen LogP contribution in [0.4, 0.5) is 4.39 Å². The van der Waals surface area contributed by atoms with Crippen molar-refractivity contribution < 1.29 is 9.50 Å². The molecule has 0 aromatic carbocycles. The number of aliphatic hydroxyl groups is 1. The maximum atomic E-state index is 12.5. The van der Waals surface area contributed by atoms with Crippen molar-refractivity contribution in [3.8, 4) is 6.07 Å². The Morgan fingerprint density at radius 2 is 2.17 bits per heavy atom. The van der Waals surface area contributed by atoms with Crippen molar-refractivity contribution in [3.05, 3.63) is 11.9 Å². The molecule has 0 aliphatic heterocycles. The third-order valence-corrected chi connectivity index (χ3v) is 1.52. The molecule has 0 aliphatic carbocycles. The van der Waals surface area contributed by atoms with Gasteiger partial charge in [-0.15, -0.1) is 0 Å².